The van der Waals surface area contributed by atoms with Gasteiger partial charge in [-0.1, -0.05) is 0 Å². The highest BCUT2D eigenvalue weighted by Crippen LogP contribution is 2.39. The molecular formula is C7H12FNO2. The summed E-state index contributed by atoms with van der Waals surface area (Å²) in [6, 6.07) is 0. The molecule has 64 valence electrons. The van der Waals surface area contributed by atoms with E-state index in [9.17, 15) is 9.18 Å². The Morgan fingerprint density at radius 3 is 2.82 bits per heavy atom. The number of carbonyl (C=O) groups excluding carboxylic acids is 1. The van der Waals surface area contributed by atoms with E-state index in [0.717, 1.165) is 0 Å². The lowest BCUT2D eigenvalue weighted by Gasteiger charge is -2.06. The molecule has 0 aromatic carbocycles. The molecule has 0 aliphatic heterocycles. The summed E-state index contributed by atoms with van der Waals surface area (Å²) in [7, 11) is 0. The lowest BCUT2D eigenvalue weighted by Crippen LogP contribution is -2.26. The molecular weight excluding hydrogens is 149 g/mol. The Morgan fingerprint density at radius 2 is 2.36 bits per heavy atom. The van der Waals surface area contributed by atoms with Crippen molar-refractivity contribution in [2.45, 2.75) is 25.4 Å². The van der Waals surface area contributed by atoms with Crippen LogP contribution in [-0.2, 0) is 4.74 Å². The Morgan fingerprint density at radius 1 is 1.73 bits per heavy atom. The summed E-state index contributed by atoms with van der Waals surface area (Å²) in [5, 5.41) is 2.42. The summed E-state index contributed by atoms with van der Waals surface area (Å²) in [5.41, 5.74) is -1.20. The van der Waals surface area contributed by atoms with Crippen LogP contribution in [0.25, 0.3) is 0 Å². The molecule has 0 radical (unpaired) electrons. The van der Waals surface area contributed by atoms with Crippen LogP contribution in [0.5, 0.6) is 0 Å². The smallest absolute Gasteiger partial charge is 0.407 e. The molecule has 1 fully saturated rings. The second-order valence-corrected chi connectivity index (χ2v) is 2.76. The standard InChI is InChI=1S/C7H12FNO2/c1-2-9-6(10)11-5-7(8)3-4-7/h2-5H2,1H3,(H,9,10). The predicted octanol–water partition coefficient (Wildman–Crippen LogP) is 1.23. The monoisotopic (exact) mass is 161 g/mol. The highest BCUT2D eigenvalue weighted by molar-refractivity contribution is 5.67. The third kappa shape index (κ3) is 2.74. The van der Waals surface area contributed by atoms with Crippen molar-refractivity contribution in [2.24, 2.45) is 0 Å². The van der Waals surface area contributed by atoms with E-state index in [1.165, 1.54) is 0 Å². The van der Waals surface area contributed by atoms with E-state index in [0.29, 0.717) is 19.4 Å². The molecule has 1 aliphatic rings. The van der Waals surface area contributed by atoms with Gasteiger partial charge in [-0.05, 0) is 19.8 Å². The lowest BCUT2D eigenvalue weighted by atomic mass is 10.4. The van der Waals surface area contributed by atoms with E-state index in [1.807, 2.05) is 0 Å². The number of alkyl halides is 1. The van der Waals surface area contributed by atoms with Gasteiger partial charge in [0, 0.05) is 6.54 Å². The fraction of sp³-hybridized carbons (Fsp3) is 0.857. The number of carbonyl (C=O) groups is 1. The fourth-order valence-corrected chi connectivity index (χ4v) is 0.670. The molecule has 0 aromatic heterocycles. The van der Waals surface area contributed by atoms with Gasteiger partial charge in [0.2, 0.25) is 0 Å². The molecule has 3 nitrogen and oxygen atoms in total. The van der Waals surface area contributed by atoms with Gasteiger partial charge in [-0.3, -0.25) is 0 Å². The summed E-state index contributed by atoms with van der Waals surface area (Å²) in [6.45, 7) is 2.19. The second-order valence-electron chi connectivity index (χ2n) is 2.76. The zero-order valence-corrected chi connectivity index (χ0v) is 6.52. The average Bonchev–Trinajstić information content (AvgIpc) is 2.66. The van der Waals surface area contributed by atoms with E-state index in [-0.39, 0.29) is 6.61 Å². The van der Waals surface area contributed by atoms with Crippen LogP contribution >= 0.6 is 0 Å². The summed E-state index contributed by atoms with van der Waals surface area (Å²) in [5.74, 6) is 0. The number of rotatable bonds is 3. The van der Waals surface area contributed by atoms with E-state index >= 15 is 0 Å². The fourth-order valence-electron chi connectivity index (χ4n) is 0.670. The minimum absolute atomic E-state index is 0.0984. The zero-order valence-electron chi connectivity index (χ0n) is 6.52. The van der Waals surface area contributed by atoms with E-state index in [4.69, 9.17) is 0 Å². The molecule has 1 amide bonds. The van der Waals surface area contributed by atoms with Gasteiger partial charge in [-0.25, -0.2) is 9.18 Å². The van der Waals surface area contributed by atoms with Crippen molar-refractivity contribution in [3.63, 3.8) is 0 Å². The SMILES string of the molecule is CCNC(=O)OCC1(F)CC1. The molecule has 1 saturated carbocycles. The van der Waals surface area contributed by atoms with Crippen molar-refractivity contribution in [1.82, 2.24) is 5.32 Å². The van der Waals surface area contributed by atoms with Crippen LogP contribution in [0.4, 0.5) is 9.18 Å². The first kappa shape index (κ1) is 8.30. The maximum atomic E-state index is 12.8. The molecule has 1 rings (SSSR count). The van der Waals surface area contributed by atoms with Gasteiger partial charge in [0.05, 0.1) is 0 Å². The van der Waals surface area contributed by atoms with E-state index < -0.39 is 11.8 Å². The van der Waals surface area contributed by atoms with Crippen molar-refractivity contribution >= 4 is 6.09 Å². The quantitative estimate of drug-likeness (QED) is 0.676. The molecule has 0 unspecified atom stereocenters. The average molecular weight is 161 g/mol. The Balaban J connectivity index is 2.06. The van der Waals surface area contributed by atoms with Crippen LogP contribution in [0.15, 0.2) is 0 Å². The first-order valence-electron chi connectivity index (χ1n) is 3.76. The predicted molar refractivity (Wildman–Crippen MR) is 38.1 cm³/mol. The summed E-state index contributed by atoms with van der Waals surface area (Å²) in [6.07, 6.45) is 0.509. The highest BCUT2D eigenvalue weighted by atomic mass is 19.1. The van der Waals surface area contributed by atoms with Crippen molar-refractivity contribution < 1.29 is 13.9 Å². The third-order valence-corrected chi connectivity index (χ3v) is 1.58. The van der Waals surface area contributed by atoms with Gasteiger partial charge in [0.25, 0.3) is 0 Å². The molecule has 0 atom stereocenters. The van der Waals surface area contributed by atoms with Gasteiger partial charge in [0.1, 0.15) is 12.3 Å². The normalized spacial score (nSPS) is 19.1. The van der Waals surface area contributed by atoms with Crippen LogP contribution in [0, 0.1) is 0 Å². The largest absolute Gasteiger partial charge is 0.446 e. The molecule has 0 aromatic rings. The van der Waals surface area contributed by atoms with Crippen LogP contribution < -0.4 is 5.32 Å². The molecule has 0 spiro atoms. The maximum absolute atomic E-state index is 12.8. The maximum Gasteiger partial charge on any atom is 0.407 e. The lowest BCUT2D eigenvalue weighted by molar-refractivity contribution is 0.103. The molecule has 11 heavy (non-hydrogen) atoms. The van der Waals surface area contributed by atoms with Crippen molar-refractivity contribution in [3.05, 3.63) is 0 Å². The third-order valence-electron chi connectivity index (χ3n) is 1.58. The van der Waals surface area contributed by atoms with Crippen LogP contribution in [0.2, 0.25) is 0 Å². The van der Waals surface area contributed by atoms with Gasteiger partial charge in [-0.15, -0.1) is 0 Å². The minimum atomic E-state index is -1.20. The number of alkyl carbamates (subject to hydrolysis) is 1. The first-order chi connectivity index (χ1) is 5.16. The molecule has 1 aliphatic carbocycles. The molecule has 0 bridgehead atoms. The van der Waals surface area contributed by atoms with Gasteiger partial charge < -0.3 is 10.1 Å². The van der Waals surface area contributed by atoms with E-state index in [2.05, 4.69) is 10.1 Å². The second kappa shape index (κ2) is 3.07. The zero-order chi connectivity index (χ0) is 8.32. The van der Waals surface area contributed by atoms with Crippen LogP contribution in [0.1, 0.15) is 19.8 Å². The highest BCUT2D eigenvalue weighted by Gasteiger charge is 2.44. The molecule has 0 heterocycles. The Bertz CT molecular complexity index is 157. The molecule has 1 N–H and O–H groups in total. The Labute approximate surface area is 64.9 Å². The number of nitrogens with one attached hydrogen (secondary N) is 1. The molecule has 0 saturated heterocycles. The Hall–Kier alpha value is -0.800. The summed E-state index contributed by atoms with van der Waals surface area (Å²) < 4.78 is 17.4. The van der Waals surface area contributed by atoms with Gasteiger partial charge in [-0.2, -0.15) is 0 Å². The van der Waals surface area contributed by atoms with Crippen LogP contribution in [-0.4, -0.2) is 24.9 Å². The van der Waals surface area contributed by atoms with Crippen molar-refractivity contribution in [2.75, 3.05) is 13.2 Å². The number of ether oxygens (including phenoxy) is 1. The number of halogens is 1. The van der Waals surface area contributed by atoms with E-state index in [1.54, 1.807) is 6.92 Å². The summed E-state index contributed by atoms with van der Waals surface area (Å²) >= 11 is 0. The minimum Gasteiger partial charge on any atom is -0.446 e. The van der Waals surface area contributed by atoms with Crippen molar-refractivity contribution in [1.29, 1.82) is 0 Å². The number of hydrogen-bond donors (Lipinski definition) is 1. The Kier molecular flexibility index (Phi) is 2.31. The molecule has 4 heteroatoms. The van der Waals surface area contributed by atoms with Crippen molar-refractivity contribution in [3.8, 4) is 0 Å². The number of amides is 1. The summed E-state index contributed by atoms with van der Waals surface area (Å²) in [4.78, 5) is 10.6. The first-order valence-corrected chi connectivity index (χ1v) is 3.76. The number of hydrogen-bond acceptors (Lipinski definition) is 2. The topological polar surface area (TPSA) is 38.3 Å². The van der Waals surface area contributed by atoms with Gasteiger partial charge >= 0.3 is 6.09 Å². The van der Waals surface area contributed by atoms with Crippen LogP contribution in [0.3, 0.4) is 0 Å². The van der Waals surface area contributed by atoms with Gasteiger partial charge in [0.15, 0.2) is 0 Å².